The molecule has 3 nitrogen and oxygen atoms in total. The number of halogens is 2. The standard InChI is InChI=1S/C12H13BrFN3S/c1-7-6-18-11(16-7)5-10(17-15)12-8(13)3-2-4-9(12)14/h2-4,6,10,17H,5,15H2,1H3. The van der Waals surface area contributed by atoms with Gasteiger partial charge < -0.3 is 0 Å². The molecule has 1 aromatic heterocycles. The van der Waals surface area contributed by atoms with Crippen LogP contribution in [-0.4, -0.2) is 4.98 Å². The number of rotatable bonds is 4. The molecule has 6 heteroatoms. The Hall–Kier alpha value is -0.820. The van der Waals surface area contributed by atoms with E-state index in [1.807, 2.05) is 12.3 Å². The number of nitrogens with two attached hydrogens (primary N) is 1. The zero-order valence-corrected chi connectivity index (χ0v) is 12.2. The van der Waals surface area contributed by atoms with E-state index in [2.05, 4.69) is 26.3 Å². The zero-order chi connectivity index (χ0) is 13.1. The first-order valence-corrected chi connectivity index (χ1v) is 7.10. The molecule has 1 atom stereocenters. The third-order valence-electron chi connectivity index (χ3n) is 2.59. The predicted molar refractivity (Wildman–Crippen MR) is 74.7 cm³/mol. The molecule has 0 saturated heterocycles. The van der Waals surface area contributed by atoms with Crippen LogP contribution in [-0.2, 0) is 6.42 Å². The van der Waals surface area contributed by atoms with E-state index in [-0.39, 0.29) is 11.9 Å². The maximum absolute atomic E-state index is 13.9. The lowest BCUT2D eigenvalue weighted by Gasteiger charge is -2.17. The van der Waals surface area contributed by atoms with Gasteiger partial charge in [0.25, 0.3) is 0 Å². The fraction of sp³-hybridized carbons (Fsp3) is 0.250. The number of aromatic nitrogens is 1. The van der Waals surface area contributed by atoms with Crippen LogP contribution in [0.4, 0.5) is 4.39 Å². The van der Waals surface area contributed by atoms with E-state index in [4.69, 9.17) is 5.84 Å². The van der Waals surface area contributed by atoms with Crippen molar-refractivity contribution >= 4 is 27.3 Å². The molecular weight excluding hydrogens is 317 g/mol. The van der Waals surface area contributed by atoms with E-state index in [9.17, 15) is 4.39 Å². The third kappa shape index (κ3) is 2.95. The Balaban J connectivity index is 2.28. The van der Waals surface area contributed by atoms with Crippen LogP contribution in [0.3, 0.4) is 0 Å². The van der Waals surface area contributed by atoms with Crippen LogP contribution in [0.15, 0.2) is 28.1 Å². The molecule has 1 unspecified atom stereocenters. The molecule has 0 bridgehead atoms. The van der Waals surface area contributed by atoms with Crippen LogP contribution < -0.4 is 11.3 Å². The molecule has 0 aliphatic heterocycles. The summed E-state index contributed by atoms with van der Waals surface area (Å²) in [5, 5.41) is 2.91. The molecular formula is C12H13BrFN3S. The number of thiazole rings is 1. The highest BCUT2D eigenvalue weighted by atomic mass is 79.9. The van der Waals surface area contributed by atoms with Crippen LogP contribution >= 0.6 is 27.3 Å². The largest absolute Gasteiger partial charge is 0.271 e. The topological polar surface area (TPSA) is 50.9 Å². The average Bonchev–Trinajstić information content (AvgIpc) is 2.73. The fourth-order valence-electron chi connectivity index (χ4n) is 1.76. The lowest BCUT2D eigenvalue weighted by molar-refractivity contribution is 0.507. The Labute approximate surface area is 117 Å². The number of nitrogens with zero attached hydrogens (tertiary/aromatic N) is 1. The Morgan fingerprint density at radius 1 is 1.56 bits per heavy atom. The molecule has 0 amide bonds. The number of hydrazine groups is 1. The van der Waals surface area contributed by atoms with E-state index in [0.717, 1.165) is 10.7 Å². The summed E-state index contributed by atoms with van der Waals surface area (Å²) in [6, 6.07) is 4.59. The predicted octanol–water partition coefficient (Wildman–Crippen LogP) is 3.10. The van der Waals surface area contributed by atoms with Crippen molar-refractivity contribution in [1.82, 2.24) is 10.4 Å². The first-order valence-electron chi connectivity index (χ1n) is 5.43. The number of nitrogens with one attached hydrogen (secondary N) is 1. The van der Waals surface area contributed by atoms with Gasteiger partial charge in [0.05, 0.1) is 11.0 Å². The van der Waals surface area contributed by atoms with Crippen molar-refractivity contribution in [2.75, 3.05) is 0 Å². The second-order valence-corrected chi connectivity index (χ2v) is 5.74. The molecule has 2 rings (SSSR count). The molecule has 96 valence electrons. The molecule has 0 aliphatic rings. The Morgan fingerprint density at radius 3 is 2.89 bits per heavy atom. The zero-order valence-electron chi connectivity index (χ0n) is 9.78. The minimum absolute atomic E-state index is 0.277. The first-order chi connectivity index (χ1) is 8.61. The van der Waals surface area contributed by atoms with Crippen molar-refractivity contribution in [3.63, 3.8) is 0 Å². The van der Waals surface area contributed by atoms with Crippen molar-refractivity contribution < 1.29 is 4.39 Å². The van der Waals surface area contributed by atoms with Gasteiger partial charge in [-0.15, -0.1) is 11.3 Å². The highest BCUT2D eigenvalue weighted by Gasteiger charge is 2.19. The monoisotopic (exact) mass is 329 g/mol. The van der Waals surface area contributed by atoms with Gasteiger partial charge >= 0.3 is 0 Å². The number of hydrogen-bond donors (Lipinski definition) is 2. The van der Waals surface area contributed by atoms with Crippen molar-refractivity contribution in [3.05, 3.63) is 50.1 Å². The third-order valence-corrected chi connectivity index (χ3v) is 4.28. The molecule has 0 spiro atoms. The molecule has 2 aromatic rings. The summed E-state index contributed by atoms with van der Waals surface area (Å²) in [5.41, 5.74) is 4.16. The van der Waals surface area contributed by atoms with Gasteiger partial charge in [-0.05, 0) is 19.1 Å². The van der Waals surface area contributed by atoms with Gasteiger partial charge in [-0.25, -0.2) is 9.37 Å². The number of benzene rings is 1. The minimum atomic E-state index is -0.300. The lowest BCUT2D eigenvalue weighted by Crippen LogP contribution is -2.30. The smallest absolute Gasteiger partial charge is 0.129 e. The van der Waals surface area contributed by atoms with E-state index in [1.165, 1.54) is 6.07 Å². The summed E-state index contributed by atoms with van der Waals surface area (Å²) in [6.45, 7) is 1.93. The maximum atomic E-state index is 13.9. The summed E-state index contributed by atoms with van der Waals surface area (Å²) >= 11 is 4.91. The quantitative estimate of drug-likeness (QED) is 0.669. The molecule has 1 aromatic carbocycles. The van der Waals surface area contributed by atoms with Crippen LogP contribution in [0.25, 0.3) is 0 Å². The summed E-state index contributed by atoms with van der Waals surface area (Å²) in [4.78, 5) is 4.37. The highest BCUT2D eigenvalue weighted by molar-refractivity contribution is 9.10. The highest BCUT2D eigenvalue weighted by Crippen LogP contribution is 2.28. The molecule has 18 heavy (non-hydrogen) atoms. The van der Waals surface area contributed by atoms with Crippen molar-refractivity contribution in [1.29, 1.82) is 0 Å². The van der Waals surface area contributed by atoms with Crippen molar-refractivity contribution in [2.45, 2.75) is 19.4 Å². The van der Waals surface area contributed by atoms with Gasteiger partial charge in [0.1, 0.15) is 5.82 Å². The van der Waals surface area contributed by atoms with Gasteiger partial charge in [0.2, 0.25) is 0 Å². The van der Waals surface area contributed by atoms with E-state index < -0.39 is 0 Å². The Bertz CT molecular complexity index is 524. The summed E-state index contributed by atoms with van der Waals surface area (Å²) in [7, 11) is 0. The molecule has 0 fully saturated rings. The molecule has 0 radical (unpaired) electrons. The summed E-state index contributed by atoms with van der Waals surface area (Å²) < 4.78 is 14.6. The minimum Gasteiger partial charge on any atom is -0.271 e. The normalized spacial score (nSPS) is 12.7. The summed E-state index contributed by atoms with van der Waals surface area (Å²) in [5.74, 6) is 5.26. The maximum Gasteiger partial charge on any atom is 0.129 e. The molecule has 1 heterocycles. The van der Waals surface area contributed by atoms with Crippen LogP contribution in [0, 0.1) is 12.7 Å². The summed E-state index contributed by atoms with van der Waals surface area (Å²) in [6.07, 6.45) is 0.564. The second-order valence-electron chi connectivity index (χ2n) is 3.94. The lowest BCUT2D eigenvalue weighted by atomic mass is 10.0. The Morgan fingerprint density at radius 2 is 2.33 bits per heavy atom. The number of hydrogen-bond acceptors (Lipinski definition) is 4. The van der Waals surface area contributed by atoms with E-state index in [0.29, 0.717) is 16.5 Å². The van der Waals surface area contributed by atoms with Gasteiger partial charge in [-0.2, -0.15) is 0 Å². The van der Waals surface area contributed by atoms with Crippen molar-refractivity contribution in [3.8, 4) is 0 Å². The van der Waals surface area contributed by atoms with Gasteiger partial charge in [0, 0.05) is 27.5 Å². The van der Waals surface area contributed by atoms with Gasteiger partial charge in [0.15, 0.2) is 0 Å². The van der Waals surface area contributed by atoms with Crippen LogP contribution in [0.1, 0.15) is 22.3 Å². The van der Waals surface area contributed by atoms with E-state index >= 15 is 0 Å². The van der Waals surface area contributed by atoms with Crippen LogP contribution in [0.5, 0.6) is 0 Å². The van der Waals surface area contributed by atoms with Crippen LogP contribution in [0.2, 0.25) is 0 Å². The SMILES string of the molecule is Cc1csc(CC(NN)c2c(F)cccc2Br)n1. The average molecular weight is 330 g/mol. The fourth-order valence-corrected chi connectivity index (χ4v) is 3.20. The Kier molecular flexibility index (Phi) is 4.45. The van der Waals surface area contributed by atoms with Gasteiger partial charge in [-0.3, -0.25) is 11.3 Å². The van der Waals surface area contributed by atoms with E-state index in [1.54, 1.807) is 23.5 Å². The molecule has 0 saturated carbocycles. The van der Waals surface area contributed by atoms with Gasteiger partial charge in [-0.1, -0.05) is 22.0 Å². The second kappa shape index (κ2) is 5.88. The number of aryl methyl sites for hydroxylation is 1. The molecule has 0 aliphatic carbocycles. The van der Waals surface area contributed by atoms with Crippen molar-refractivity contribution in [2.24, 2.45) is 5.84 Å². The first kappa shape index (κ1) is 13.6. The molecule has 3 N–H and O–H groups in total.